The van der Waals surface area contributed by atoms with Crippen LogP contribution in [0.2, 0.25) is 5.04 Å². The predicted molar refractivity (Wildman–Crippen MR) is 95.4 cm³/mol. The van der Waals surface area contributed by atoms with Crippen LogP contribution in [0.4, 0.5) is 0 Å². The fourth-order valence-corrected chi connectivity index (χ4v) is 5.93. The van der Waals surface area contributed by atoms with Crippen LogP contribution in [0.1, 0.15) is 51.7 Å². The van der Waals surface area contributed by atoms with Crippen LogP contribution >= 0.6 is 0 Å². The van der Waals surface area contributed by atoms with Crippen LogP contribution in [0, 0.1) is 0 Å². The Hall–Kier alpha value is -1.34. The third-order valence-electron chi connectivity index (χ3n) is 3.90. The molecule has 1 heteroatoms. The van der Waals surface area contributed by atoms with Crippen LogP contribution in [0.5, 0.6) is 0 Å². The summed E-state index contributed by atoms with van der Waals surface area (Å²) in [4.78, 5) is 0. The van der Waals surface area contributed by atoms with Gasteiger partial charge < -0.3 is 0 Å². The average Bonchev–Trinajstić information content (AvgIpc) is 2.47. The quantitative estimate of drug-likeness (QED) is 0.649. The lowest BCUT2D eigenvalue weighted by Gasteiger charge is -2.39. The fraction of sp³-hybridized carbons (Fsp3) is 0.400. The standard InChI is InChI=1S/C20H27Si/c1-5-16-20(21-19(2,3)4,17-12-8-6-9-13-17)18-14-10-7-11-15-18/h6-15,21H,5,16H2,1-4H3. The van der Waals surface area contributed by atoms with Crippen LogP contribution in [-0.4, -0.2) is 9.52 Å². The highest BCUT2D eigenvalue weighted by Gasteiger charge is 2.37. The van der Waals surface area contributed by atoms with Gasteiger partial charge in [0, 0.05) is 5.04 Å². The van der Waals surface area contributed by atoms with Gasteiger partial charge in [0.1, 0.15) is 0 Å². The summed E-state index contributed by atoms with van der Waals surface area (Å²) in [5.41, 5.74) is 2.98. The molecule has 2 aromatic carbocycles. The SMILES string of the molecule is CCCC([SiH]C(C)(C)C)(c1ccccc1)c1ccccc1. The van der Waals surface area contributed by atoms with Crippen LogP contribution in [0.15, 0.2) is 60.7 Å². The summed E-state index contributed by atoms with van der Waals surface area (Å²) in [5.74, 6) is 0. The highest BCUT2D eigenvalue weighted by Crippen LogP contribution is 2.41. The van der Waals surface area contributed by atoms with Gasteiger partial charge in [0.25, 0.3) is 0 Å². The van der Waals surface area contributed by atoms with Gasteiger partial charge in [-0.05, 0) is 22.6 Å². The van der Waals surface area contributed by atoms with E-state index in [0.29, 0.717) is 5.04 Å². The van der Waals surface area contributed by atoms with E-state index in [9.17, 15) is 0 Å². The van der Waals surface area contributed by atoms with Gasteiger partial charge in [0.15, 0.2) is 0 Å². The van der Waals surface area contributed by atoms with Gasteiger partial charge in [-0.3, -0.25) is 0 Å². The molecule has 0 heterocycles. The summed E-state index contributed by atoms with van der Waals surface area (Å²) < 4.78 is 0. The maximum absolute atomic E-state index is 2.39. The van der Waals surface area contributed by atoms with Crippen LogP contribution < -0.4 is 0 Å². The first kappa shape index (κ1) is 16.0. The first-order chi connectivity index (χ1) is 9.98. The van der Waals surface area contributed by atoms with E-state index in [2.05, 4.69) is 88.4 Å². The first-order valence-electron chi connectivity index (χ1n) is 7.96. The van der Waals surface area contributed by atoms with Gasteiger partial charge in [0.2, 0.25) is 0 Å². The average molecular weight is 296 g/mol. The van der Waals surface area contributed by atoms with Crippen molar-refractivity contribution < 1.29 is 0 Å². The van der Waals surface area contributed by atoms with Gasteiger partial charge in [0.05, 0.1) is 9.52 Å². The van der Waals surface area contributed by atoms with E-state index in [-0.39, 0.29) is 14.6 Å². The molecular weight excluding hydrogens is 268 g/mol. The van der Waals surface area contributed by atoms with Crippen molar-refractivity contribution in [2.24, 2.45) is 0 Å². The van der Waals surface area contributed by atoms with Crippen LogP contribution in [0.3, 0.4) is 0 Å². The molecule has 0 unspecified atom stereocenters. The van der Waals surface area contributed by atoms with E-state index in [0.717, 1.165) is 0 Å². The minimum atomic E-state index is 0.204. The Kier molecular flexibility index (Phi) is 5.05. The predicted octanol–water partition coefficient (Wildman–Crippen LogP) is 5.39. The number of rotatable bonds is 5. The summed E-state index contributed by atoms with van der Waals surface area (Å²) in [6.45, 7) is 9.47. The summed E-state index contributed by atoms with van der Waals surface area (Å²) in [7, 11) is 0.257. The molecule has 0 fully saturated rings. The molecule has 0 amide bonds. The normalized spacial score (nSPS) is 12.4. The molecule has 0 saturated carbocycles. The Labute approximate surface area is 132 Å². The summed E-state index contributed by atoms with van der Waals surface area (Å²) in [5, 5.41) is 0.580. The zero-order valence-electron chi connectivity index (χ0n) is 13.8. The molecule has 21 heavy (non-hydrogen) atoms. The third-order valence-corrected chi connectivity index (χ3v) is 6.22. The molecule has 2 aromatic rings. The first-order valence-corrected chi connectivity index (χ1v) is 9.11. The van der Waals surface area contributed by atoms with Crippen LogP contribution in [0.25, 0.3) is 0 Å². The van der Waals surface area contributed by atoms with Crippen molar-refractivity contribution in [1.82, 2.24) is 0 Å². The molecular formula is C20H27Si. The maximum atomic E-state index is 2.39. The Bertz CT molecular complexity index is 498. The molecule has 0 atom stereocenters. The van der Waals surface area contributed by atoms with E-state index in [1.54, 1.807) is 0 Å². The zero-order chi connectivity index (χ0) is 15.3. The monoisotopic (exact) mass is 295 g/mol. The van der Waals surface area contributed by atoms with E-state index in [4.69, 9.17) is 0 Å². The largest absolute Gasteiger partial charge is 0.0654 e. The molecule has 0 aliphatic heterocycles. The molecule has 0 N–H and O–H groups in total. The van der Waals surface area contributed by atoms with Gasteiger partial charge in [-0.2, -0.15) is 0 Å². The second-order valence-corrected chi connectivity index (χ2v) is 9.97. The topological polar surface area (TPSA) is 0 Å². The van der Waals surface area contributed by atoms with E-state index < -0.39 is 0 Å². The number of hydrogen-bond donors (Lipinski definition) is 0. The Balaban J connectivity index is 2.60. The molecule has 0 spiro atoms. The second kappa shape index (κ2) is 6.61. The smallest absolute Gasteiger partial charge is 0.0534 e. The lowest BCUT2D eigenvalue weighted by atomic mass is 9.86. The highest BCUT2D eigenvalue weighted by atomic mass is 28.2. The van der Waals surface area contributed by atoms with Crippen molar-refractivity contribution >= 4 is 9.52 Å². The van der Waals surface area contributed by atoms with Crippen molar-refractivity contribution in [3.05, 3.63) is 71.8 Å². The number of hydrogen-bond acceptors (Lipinski definition) is 0. The molecule has 0 bridgehead atoms. The molecule has 0 aromatic heterocycles. The van der Waals surface area contributed by atoms with Gasteiger partial charge in [-0.15, -0.1) is 0 Å². The number of benzene rings is 2. The lowest BCUT2D eigenvalue weighted by Crippen LogP contribution is -2.39. The molecule has 1 radical (unpaired) electrons. The van der Waals surface area contributed by atoms with E-state index in [1.807, 2.05) is 0 Å². The zero-order valence-corrected chi connectivity index (χ0v) is 14.9. The van der Waals surface area contributed by atoms with Crippen molar-refractivity contribution in [3.8, 4) is 0 Å². The Morgan fingerprint density at radius 3 is 1.52 bits per heavy atom. The van der Waals surface area contributed by atoms with E-state index in [1.165, 1.54) is 24.0 Å². The molecule has 2 rings (SSSR count). The van der Waals surface area contributed by atoms with Gasteiger partial charge in [-0.25, -0.2) is 0 Å². The van der Waals surface area contributed by atoms with Crippen molar-refractivity contribution in [3.63, 3.8) is 0 Å². The second-order valence-electron chi connectivity index (χ2n) is 6.96. The minimum Gasteiger partial charge on any atom is -0.0654 e. The van der Waals surface area contributed by atoms with Crippen molar-refractivity contribution in [2.45, 2.75) is 50.6 Å². The Morgan fingerprint density at radius 2 is 1.19 bits per heavy atom. The Morgan fingerprint density at radius 1 is 0.762 bits per heavy atom. The van der Waals surface area contributed by atoms with E-state index >= 15 is 0 Å². The minimum absolute atomic E-state index is 0.204. The highest BCUT2D eigenvalue weighted by molar-refractivity contribution is 6.45. The molecule has 0 aliphatic rings. The van der Waals surface area contributed by atoms with Crippen molar-refractivity contribution in [1.29, 1.82) is 0 Å². The summed E-state index contributed by atoms with van der Waals surface area (Å²) in [6, 6.07) is 22.3. The van der Waals surface area contributed by atoms with Gasteiger partial charge >= 0.3 is 0 Å². The van der Waals surface area contributed by atoms with Crippen molar-refractivity contribution in [2.75, 3.05) is 0 Å². The summed E-state index contributed by atoms with van der Waals surface area (Å²) >= 11 is 0. The van der Waals surface area contributed by atoms with Crippen LogP contribution in [-0.2, 0) is 5.04 Å². The lowest BCUT2D eigenvalue weighted by molar-refractivity contribution is 0.592. The van der Waals surface area contributed by atoms with Gasteiger partial charge in [-0.1, -0.05) is 94.8 Å². The molecule has 0 aliphatic carbocycles. The summed E-state index contributed by atoms with van der Waals surface area (Å²) in [6.07, 6.45) is 2.44. The molecule has 0 saturated heterocycles. The third kappa shape index (κ3) is 3.85. The molecule has 0 nitrogen and oxygen atoms in total. The fourth-order valence-electron chi connectivity index (χ4n) is 3.30. The molecule has 111 valence electrons. The maximum Gasteiger partial charge on any atom is 0.0534 e.